The van der Waals surface area contributed by atoms with Crippen molar-refractivity contribution in [1.29, 1.82) is 0 Å². The molecule has 5 rings (SSSR count). The van der Waals surface area contributed by atoms with E-state index in [9.17, 15) is 19.5 Å². The van der Waals surface area contributed by atoms with Crippen molar-refractivity contribution in [3.63, 3.8) is 0 Å². The van der Waals surface area contributed by atoms with E-state index in [0.29, 0.717) is 45.3 Å². The van der Waals surface area contributed by atoms with Crippen molar-refractivity contribution in [3.05, 3.63) is 114 Å². The van der Waals surface area contributed by atoms with E-state index in [2.05, 4.69) is 5.32 Å². The van der Waals surface area contributed by atoms with Crippen molar-refractivity contribution in [2.75, 3.05) is 19.8 Å². The molecule has 3 aromatic rings. The van der Waals surface area contributed by atoms with Gasteiger partial charge in [0.25, 0.3) is 0 Å². The van der Waals surface area contributed by atoms with Gasteiger partial charge in [-0.3, -0.25) is 14.4 Å². The number of cyclic esters (lactones) is 1. The van der Waals surface area contributed by atoms with Gasteiger partial charge in [-0.05, 0) is 73.8 Å². The third-order valence-electron chi connectivity index (χ3n) is 9.05. The number of benzene rings is 3. The Hall–Kier alpha value is -4.43. The zero-order valence-corrected chi connectivity index (χ0v) is 27.0. The summed E-state index contributed by atoms with van der Waals surface area (Å²) in [5.41, 5.74) is 3.11. The van der Waals surface area contributed by atoms with E-state index >= 15 is 0 Å². The number of nitrogens with one attached hydrogen (secondary N) is 1. The zero-order chi connectivity index (χ0) is 32.8. The molecule has 0 spiro atoms. The van der Waals surface area contributed by atoms with Crippen LogP contribution in [0.4, 0.5) is 0 Å². The monoisotopic (exact) mass is 638 g/mol. The minimum Gasteiger partial charge on any atom is -0.489 e. The lowest BCUT2D eigenvalue weighted by atomic mass is 9.94. The fourth-order valence-corrected chi connectivity index (χ4v) is 6.36. The Kier molecular flexibility index (Phi) is 12.6. The number of likely N-dealkylation sites (tertiary alicyclic amines) is 1. The molecule has 3 aromatic carbocycles. The van der Waals surface area contributed by atoms with Gasteiger partial charge in [0.2, 0.25) is 11.8 Å². The summed E-state index contributed by atoms with van der Waals surface area (Å²) < 4.78 is 11.9. The standard InChI is InChI=1S/C39H46N2O6/c42-26-35-17-10-22-41(35)37(43)25-32-15-8-3-9-16-33(23-29-11-4-1-5-12-29)39(45)47-28-34(40-38(32)44)24-30-18-20-36(21-19-30)46-27-31-13-6-2-7-14-31/h1-8,11-14,18-21,32-35,42H,9-10,15-17,22-28H2,(H,40,44). The lowest BCUT2D eigenvalue weighted by molar-refractivity contribution is -0.150. The Balaban J connectivity index is 1.30. The highest BCUT2D eigenvalue weighted by molar-refractivity contribution is 5.86. The number of aliphatic hydroxyl groups is 1. The number of rotatable bonds is 10. The second-order valence-electron chi connectivity index (χ2n) is 12.6. The molecule has 2 aliphatic rings. The van der Waals surface area contributed by atoms with Crippen molar-refractivity contribution in [1.82, 2.24) is 10.2 Å². The van der Waals surface area contributed by atoms with Crippen molar-refractivity contribution in [3.8, 4) is 5.75 Å². The summed E-state index contributed by atoms with van der Waals surface area (Å²) in [6, 6.07) is 26.9. The molecule has 4 atom stereocenters. The largest absolute Gasteiger partial charge is 0.489 e. The first-order chi connectivity index (χ1) is 23.0. The SMILES string of the molecule is O=C1NC(Cc2ccc(OCc3ccccc3)cc2)COC(=O)C(Cc2ccccc2)CCC=CCC1CC(=O)N1CCCC1CO. The van der Waals surface area contributed by atoms with Gasteiger partial charge in [0.1, 0.15) is 19.0 Å². The number of carbonyl (C=O) groups excluding carboxylic acids is 3. The lowest BCUT2D eigenvalue weighted by Crippen LogP contribution is -2.45. The summed E-state index contributed by atoms with van der Waals surface area (Å²) in [6.07, 6.45) is 8.34. The van der Waals surface area contributed by atoms with E-state index in [1.54, 1.807) is 4.90 Å². The van der Waals surface area contributed by atoms with Crippen LogP contribution in [0.1, 0.15) is 55.2 Å². The number of aliphatic hydroxyl groups excluding tert-OH is 1. The minimum atomic E-state index is -0.577. The number of nitrogens with zero attached hydrogens (tertiary/aromatic N) is 1. The summed E-state index contributed by atoms with van der Waals surface area (Å²) in [5.74, 6) is -0.792. The number of ether oxygens (including phenoxy) is 2. The Bertz CT molecular complexity index is 1460. The van der Waals surface area contributed by atoms with Crippen LogP contribution in [0.5, 0.6) is 5.75 Å². The molecular formula is C39H46N2O6. The first-order valence-corrected chi connectivity index (χ1v) is 16.8. The predicted octanol–water partition coefficient (Wildman–Crippen LogP) is 5.42. The number of amides is 2. The van der Waals surface area contributed by atoms with Gasteiger partial charge in [-0.15, -0.1) is 0 Å². The average Bonchev–Trinajstić information content (AvgIpc) is 3.59. The van der Waals surface area contributed by atoms with Gasteiger partial charge in [0.05, 0.1) is 30.5 Å². The molecule has 2 heterocycles. The van der Waals surface area contributed by atoms with E-state index in [1.165, 1.54) is 0 Å². The van der Waals surface area contributed by atoms with Crippen LogP contribution < -0.4 is 10.1 Å². The quantitative estimate of drug-likeness (QED) is 0.227. The van der Waals surface area contributed by atoms with Gasteiger partial charge >= 0.3 is 5.97 Å². The number of carbonyl (C=O) groups is 3. The van der Waals surface area contributed by atoms with Gasteiger partial charge in [-0.25, -0.2) is 0 Å². The molecule has 4 unspecified atom stereocenters. The maximum Gasteiger partial charge on any atom is 0.309 e. The number of hydrogen-bond acceptors (Lipinski definition) is 6. The van der Waals surface area contributed by atoms with Gasteiger partial charge in [-0.1, -0.05) is 84.9 Å². The molecule has 0 bridgehead atoms. The molecular weight excluding hydrogens is 592 g/mol. The molecule has 1 saturated heterocycles. The second-order valence-corrected chi connectivity index (χ2v) is 12.6. The maximum atomic E-state index is 13.8. The average molecular weight is 639 g/mol. The number of hydrogen-bond donors (Lipinski definition) is 2. The Labute approximate surface area is 277 Å². The summed E-state index contributed by atoms with van der Waals surface area (Å²) >= 11 is 0. The third kappa shape index (κ3) is 10.3. The van der Waals surface area contributed by atoms with Crippen molar-refractivity contribution >= 4 is 17.8 Å². The van der Waals surface area contributed by atoms with E-state index < -0.39 is 12.0 Å². The summed E-state index contributed by atoms with van der Waals surface area (Å²) in [6.45, 7) is 1.01. The van der Waals surface area contributed by atoms with Crippen LogP contribution >= 0.6 is 0 Å². The molecule has 0 aromatic heterocycles. The Morgan fingerprint density at radius 2 is 1.55 bits per heavy atom. The molecule has 8 nitrogen and oxygen atoms in total. The number of allylic oxidation sites excluding steroid dienone is 2. The third-order valence-corrected chi connectivity index (χ3v) is 9.05. The molecule has 0 radical (unpaired) electrons. The molecule has 8 heteroatoms. The molecule has 0 saturated carbocycles. The maximum absolute atomic E-state index is 13.8. The van der Waals surface area contributed by atoms with E-state index in [-0.39, 0.29) is 49.4 Å². The van der Waals surface area contributed by atoms with Crippen LogP contribution in [0.2, 0.25) is 0 Å². The lowest BCUT2D eigenvalue weighted by Gasteiger charge is -2.26. The predicted molar refractivity (Wildman–Crippen MR) is 180 cm³/mol. The fraction of sp³-hybridized carbons (Fsp3) is 0.410. The van der Waals surface area contributed by atoms with E-state index in [1.807, 2.05) is 97.1 Å². The molecule has 0 aliphatic carbocycles. The summed E-state index contributed by atoms with van der Waals surface area (Å²) in [5, 5.41) is 12.9. The van der Waals surface area contributed by atoms with Crippen LogP contribution in [-0.4, -0.2) is 59.6 Å². The first kappa shape index (κ1) is 33.9. The van der Waals surface area contributed by atoms with Gasteiger partial charge < -0.3 is 24.8 Å². The van der Waals surface area contributed by atoms with Gasteiger partial charge in [0.15, 0.2) is 0 Å². The van der Waals surface area contributed by atoms with Crippen molar-refractivity contribution in [2.45, 2.75) is 70.1 Å². The van der Waals surface area contributed by atoms with E-state index in [0.717, 1.165) is 35.3 Å². The highest BCUT2D eigenvalue weighted by Crippen LogP contribution is 2.23. The molecule has 1 fully saturated rings. The molecule has 2 N–H and O–H groups in total. The van der Waals surface area contributed by atoms with Gasteiger partial charge in [-0.2, -0.15) is 0 Å². The smallest absolute Gasteiger partial charge is 0.309 e. The Morgan fingerprint density at radius 3 is 2.28 bits per heavy atom. The topological polar surface area (TPSA) is 105 Å². The van der Waals surface area contributed by atoms with Crippen molar-refractivity contribution < 1.29 is 29.0 Å². The normalized spacial score (nSPS) is 22.4. The molecule has 248 valence electrons. The van der Waals surface area contributed by atoms with E-state index in [4.69, 9.17) is 9.47 Å². The molecule has 47 heavy (non-hydrogen) atoms. The Morgan fingerprint density at radius 1 is 0.851 bits per heavy atom. The molecule has 2 aliphatic heterocycles. The zero-order valence-electron chi connectivity index (χ0n) is 27.0. The van der Waals surface area contributed by atoms with Crippen LogP contribution in [0, 0.1) is 11.8 Å². The molecule has 2 amide bonds. The first-order valence-electron chi connectivity index (χ1n) is 16.8. The van der Waals surface area contributed by atoms with Crippen LogP contribution in [0.25, 0.3) is 0 Å². The van der Waals surface area contributed by atoms with Crippen LogP contribution in [0.3, 0.4) is 0 Å². The summed E-state index contributed by atoms with van der Waals surface area (Å²) in [4.78, 5) is 42.2. The van der Waals surface area contributed by atoms with Crippen molar-refractivity contribution in [2.24, 2.45) is 11.8 Å². The minimum absolute atomic E-state index is 0.0227. The highest BCUT2D eigenvalue weighted by atomic mass is 16.5. The highest BCUT2D eigenvalue weighted by Gasteiger charge is 2.32. The van der Waals surface area contributed by atoms with Crippen LogP contribution in [-0.2, 0) is 38.6 Å². The summed E-state index contributed by atoms with van der Waals surface area (Å²) in [7, 11) is 0. The van der Waals surface area contributed by atoms with Gasteiger partial charge in [0, 0.05) is 13.0 Å². The second kappa shape index (κ2) is 17.5. The fourth-order valence-electron chi connectivity index (χ4n) is 6.36. The van der Waals surface area contributed by atoms with Crippen LogP contribution in [0.15, 0.2) is 97.1 Å². The number of esters is 1.